The minimum Gasteiger partial charge on any atom is -0.457 e. The third-order valence-corrected chi connectivity index (χ3v) is 5.23. The zero-order chi connectivity index (χ0) is 23.9. The number of carbonyl (C=O) groups excluding carboxylic acids is 2. The van der Waals surface area contributed by atoms with Crippen molar-refractivity contribution < 1.29 is 14.3 Å². The number of nitrogens with one attached hydrogen (secondary N) is 2. The molecule has 172 valence electrons. The van der Waals surface area contributed by atoms with Crippen LogP contribution in [0.4, 0.5) is 0 Å². The Morgan fingerprint density at radius 1 is 0.941 bits per heavy atom. The number of fused-ring (bicyclic) bond motifs is 1. The van der Waals surface area contributed by atoms with Gasteiger partial charge in [-0.2, -0.15) is 0 Å². The molecule has 8 heteroatoms. The zero-order valence-corrected chi connectivity index (χ0v) is 18.7. The summed E-state index contributed by atoms with van der Waals surface area (Å²) >= 11 is 0. The average molecular weight is 457 g/mol. The van der Waals surface area contributed by atoms with E-state index in [9.17, 15) is 14.4 Å². The first kappa shape index (κ1) is 22.7. The van der Waals surface area contributed by atoms with E-state index in [-0.39, 0.29) is 30.5 Å². The first-order chi connectivity index (χ1) is 16.5. The molecule has 4 rings (SSSR count). The van der Waals surface area contributed by atoms with Crippen LogP contribution in [0.1, 0.15) is 23.1 Å². The Bertz CT molecular complexity index is 1350. The van der Waals surface area contributed by atoms with Crippen LogP contribution in [0.15, 0.2) is 83.7 Å². The Labute approximate surface area is 196 Å². The smallest absolute Gasteiger partial charge is 0.258 e. The monoisotopic (exact) mass is 456 g/mol. The van der Waals surface area contributed by atoms with E-state index in [0.29, 0.717) is 40.3 Å². The van der Waals surface area contributed by atoms with Crippen LogP contribution in [0, 0.1) is 0 Å². The second kappa shape index (κ2) is 10.4. The normalized spacial score (nSPS) is 10.6. The van der Waals surface area contributed by atoms with E-state index in [1.54, 1.807) is 48.5 Å². The van der Waals surface area contributed by atoms with Gasteiger partial charge in [-0.05, 0) is 55.5 Å². The van der Waals surface area contributed by atoms with Crippen LogP contribution in [0.5, 0.6) is 11.5 Å². The van der Waals surface area contributed by atoms with E-state index in [2.05, 4.69) is 15.3 Å². The highest BCUT2D eigenvalue weighted by atomic mass is 16.5. The van der Waals surface area contributed by atoms with Crippen LogP contribution >= 0.6 is 0 Å². The van der Waals surface area contributed by atoms with Gasteiger partial charge in [-0.15, -0.1) is 0 Å². The molecular weight excluding hydrogens is 432 g/mol. The number of aromatic amines is 1. The number of hydrogen-bond acceptors (Lipinski definition) is 5. The molecule has 0 saturated carbocycles. The molecule has 0 saturated heterocycles. The molecule has 0 fully saturated rings. The van der Waals surface area contributed by atoms with Crippen molar-refractivity contribution in [3.8, 4) is 11.5 Å². The summed E-state index contributed by atoms with van der Waals surface area (Å²) in [4.78, 5) is 46.1. The highest BCUT2D eigenvalue weighted by Crippen LogP contribution is 2.21. The van der Waals surface area contributed by atoms with E-state index in [1.807, 2.05) is 37.3 Å². The van der Waals surface area contributed by atoms with Crippen LogP contribution < -0.4 is 15.6 Å². The number of ether oxygens (including phenoxy) is 1. The Kier molecular flexibility index (Phi) is 6.98. The van der Waals surface area contributed by atoms with E-state index >= 15 is 0 Å². The SMILES string of the molecule is CCN(Cc1nc2ccccc2c(=O)[nH]1)C(=O)CNC(=O)c1ccc(Oc2ccccc2)cc1. The number of hydrogen-bond donors (Lipinski definition) is 2. The van der Waals surface area contributed by atoms with Gasteiger partial charge in [-0.1, -0.05) is 30.3 Å². The predicted molar refractivity (Wildman–Crippen MR) is 129 cm³/mol. The number of para-hydroxylation sites is 2. The Balaban J connectivity index is 1.34. The van der Waals surface area contributed by atoms with E-state index in [1.165, 1.54) is 4.90 Å². The maximum absolute atomic E-state index is 12.7. The van der Waals surface area contributed by atoms with Crippen molar-refractivity contribution in [2.75, 3.05) is 13.1 Å². The molecule has 0 aliphatic carbocycles. The minimum absolute atomic E-state index is 0.136. The van der Waals surface area contributed by atoms with Crippen molar-refractivity contribution in [1.82, 2.24) is 20.2 Å². The van der Waals surface area contributed by atoms with Gasteiger partial charge < -0.3 is 19.9 Å². The summed E-state index contributed by atoms with van der Waals surface area (Å²) in [6.07, 6.45) is 0. The number of benzene rings is 3. The van der Waals surface area contributed by atoms with Crippen molar-refractivity contribution in [3.05, 3.63) is 101 Å². The topological polar surface area (TPSA) is 104 Å². The second-order valence-corrected chi connectivity index (χ2v) is 7.56. The molecule has 8 nitrogen and oxygen atoms in total. The molecule has 0 bridgehead atoms. The molecule has 0 aliphatic heterocycles. The third kappa shape index (κ3) is 5.47. The lowest BCUT2D eigenvalue weighted by molar-refractivity contribution is -0.130. The van der Waals surface area contributed by atoms with Gasteiger partial charge in [0.25, 0.3) is 11.5 Å². The van der Waals surface area contributed by atoms with Gasteiger partial charge in [0.15, 0.2) is 0 Å². The summed E-state index contributed by atoms with van der Waals surface area (Å²) in [5, 5.41) is 3.14. The van der Waals surface area contributed by atoms with Crippen LogP contribution in [0.2, 0.25) is 0 Å². The van der Waals surface area contributed by atoms with Crippen molar-refractivity contribution in [1.29, 1.82) is 0 Å². The van der Waals surface area contributed by atoms with Crippen LogP contribution in [-0.4, -0.2) is 39.8 Å². The molecule has 0 unspecified atom stereocenters. The Hall–Kier alpha value is -4.46. The van der Waals surface area contributed by atoms with Crippen LogP contribution in [-0.2, 0) is 11.3 Å². The van der Waals surface area contributed by atoms with E-state index in [4.69, 9.17) is 4.74 Å². The highest BCUT2D eigenvalue weighted by molar-refractivity contribution is 5.96. The summed E-state index contributed by atoms with van der Waals surface area (Å²) in [5.41, 5.74) is 0.728. The van der Waals surface area contributed by atoms with Crippen molar-refractivity contribution in [2.24, 2.45) is 0 Å². The molecule has 1 aromatic heterocycles. The molecule has 0 spiro atoms. The molecule has 2 amide bonds. The van der Waals surface area contributed by atoms with Gasteiger partial charge in [0, 0.05) is 12.1 Å². The predicted octanol–water partition coefficient (Wildman–Crippen LogP) is 3.49. The van der Waals surface area contributed by atoms with Gasteiger partial charge in [-0.3, -0.25) is 14.4 Å². The van der Waals surface area contributed by atoms with Crippen LogP contribution in [0.25, 0.3) is 10.9 Å². The summed E-state index contributed by atoms with van der Waals surface area (Å²) in [6.45, 7) is 2.19. The van der Waals surface area contributed by atoms with Gasteiger partial charge in [0.05, 0.1) is 24.0 Å². The number of H-pyrrole nitrogens is 1. The number of nitrogens with zero attached hydrogens (tertiary/aromatic N) is 2. The van der Waals surface area contributed by atoms with Crippen molar-refractivity contribution >= 4 is 22.7 Å². The minimum atomic E-state index is -0.368. The van der Waals surface area contributed by atoms with Gasteiger partial charge in [0.1, 0.15) is 17.3 Å². The molecule has 0 radical (unpaired) electrons. The van der Waals surface area contributed by atoms with Crippen molar-refractivity contribution in [3.63, 3.8) is 0 Å². The number of aromatic nitrogens is 2. The summed E-state index contributed by atoms with van der Waals surface area (Å²) in [6, 6.07) is 23.0. The third-order valence-electron chi connectivity index (χ3n) is 5.23. The molecule has 1 heterocycles. The van der Waals surface area contributed by atoms with Crippen LogP contribution in [0.3, 0.4) is 0 Å². The number of likely N-dealkylation sites (N-methyl/N-ethyl adjacent to an activating group) is 1. The number of amides is 2. The molecule has 4 aromatic rings. The Morgan fingerprint density at radius 2 is 1.62 bits per heavy atom. The fourth-order valence-electron chi connectivity index (χ4n) is 3.44. The number of carbonyl (C=O) groups is 2. The fourth-order valence-corrected chi connectivity index (χ4v) is 3.44. The van der Waals surface area contributed by atoms with Crippen molar-refractivity contribution in [2.45, 2.75) is 13.5 Å². The molecular formula is C26H24N4O4. The van der Waals surface area contributed by atoms with Gasteiger partial charge in [0.2, 0.25) is 5.91 Å². The maximum atomic E-state index is 12.7. The second-order valence-electron chi connectivity index (χ2n) is 7.56. The standard InChI is InChI=1S/C26H24N4O4/c1-2-30(17-23-28-22-11-7-6-10-21(22)26(33)29-23)24(31)16-27-25(32)18-12-14-20(15-13-18)34-19-8-4-3-5-9-19/h3-15H,2,16-17H2,1H3,(H,27,32)(H,28,29,33). The van der Waals surface area contributed by atoms with E-state index in [0.717, 1.165) is 0 Å². The zero-order valence-electron chi connectivity index (χ0n) is 18.7. The summed E-state index contributed by atoms with van der Waals surface area (Å²) in [7, 11) is 0. The average Bonchev–Trinajstić information content (AvgIpc) is 2.87. The fraction of sp³-hybridized carbons (Fsp3) is 0.154. The highest BCUT2D eigenvalue weighted by Gasteiger charge is 2.16. The van der Waals surface area contributed by atoms with Gasteiger partial charge in [-0.25, -0.2) is 4.98 Å². The quantitative estimate of drug-likeness (QED) is 0.422. The largest absolute Gasteiger partial charge is 0.457 e. The molecule has 3 aromatic carbocycles. The molecule has 2 N–H and O–H groups in total. The summed E-state index contributed by atoms with van der Waals surface area (Å²) in [5.74, 6) is 1.04. The molecule has 0 atom stereocenters. The Morgan fingerprint density at radius 3 is 2.35 bits per heavy atom. The molecule has 34 heavy (non-hydrogen) atoms. The first-order valence-corrected chi connectivity index (χ1v) is 10.9. The lowest BCUT2D eigenvalue weighted by atomic mass is 10.2. The molecule has 0 aliphatic rings. The van der Waals surface area contributed by atoms with Gasteiger partial charge >= 0.3 is 0 Å². The maximum Gasteiger partial charge on any atom is 0.258 e. The lowest BCUT2D eigenvalue weighted by Crippen LogP contribution is -2.40. The summed E-state index contributed by atoms with van der Waals surface area (Å²) < 4.78 is 5.73. The lowest BCUT2D eigenvalue weighted by Gasteiger charge is -2.20. The first-order valence-electron chi connectivity index (χ1n) is 10.9. The number of rotatable bonds is 8. The van der Waals surface area contributed by atoms with E-state index < -0.39 is 0 Å².